The summed E-state index contributed by atoms with van der Waals surface area (Å²) in [5.41, 5.74) is 2.35. The third-order valence-electron chi connectivity index (χ3n) is 4.43. The summed E-state index contributed by atoms with van der Waals surface area (Å²) in [6.07, 6.45) is 6.19. The number of esters is 1. The first-order valence-electron chi connectivity index (χ1n) is 9.84. The monoisotopic (exact) mass is 430 g/mol. The number of hydrogen-bond donors (Lipinski definition) is 0. The number of carbonyl (C=O) groups is 1. The minimum atomic E-state index is -0.526. The number of carbonyl (C=O) groups excluding carboxylic acids is 1. The average molecular weight is 430 g/mol. The van der Waals surface area contributed by atoms with Crippen LogP contribution in [0.25, 0.3) is 17.4 Å². The SMILES string of the molecule is O=C(/C=C/c1ccc(OCc2ccccn2)cc1)OCc1ncc(-c2ccc(F)cc2)o1. The van der Waals surface area contributed by atoms with Crippen LogP contribution in [0.5, 0.6) is 5.75 Å². The van der Waals surface area contributed by atoms with Gasteiger partial charge >= 0.3 is 5.97 Å². The van der Waals surface area contributed by atoms with Crippen LogP contribution in [0.2, 0.25) is 0 Å². The Morgan fingerprint density at radius 3 is 2.53 bits per heavy atom. The second-order valence-electron chi connectivity index (χ2n) is 6.74. The van der Waals surface area contributed by atoms with Gasteiger partial charge in [0, 0.05) is 17.8 Å². The molecule has 0 spiro atoms. The Bertz CT molecular complexity index is 1190. The highest BCUT2D eigenvalue weighted by atomic mass is 19.1. The van der Waals surface area contributed by atoms with Crippen LogP contribution < -0.4 is 4.74 Å². The molecule has 0 radical (unpaired) electrons. The third kappa shape index (κ3) is 5.89. The van der Waals surface area contributed by atoms with Crippen LogP contribution in [0.1, 0.15) is 17.1 Å². The molecule has 4 aromatic rings. The van der Waals surface area contributed by atoms with Crippen LogP contribution in [-0.4, -0.2) is 15.9 Å². The van der Waals surface area contributed by atoms with Crippen LogP contribution in [0, 0.1) is 5.82 Å². The van der Waals surface area contributed by atoms with Crippen molar-refractivity contribution in [2.24, 2.45) is 0 Å². The highest BCUT2D eigenvalue weighted by Crippen LogP contribution is 2.21. The summed E-state index contributed by atoms with van der Waals surface area (Å²) < 4.78 is 29.4. The van der Waals surface area contributed by atoms with E-state index < -0.39 is 5.97 Å². The molecule has 2 heterocycles. The van der Waals surface area contributed by atoms with Crippen molar-refractivity contribution in [3.05, 3.63) is 108 Å². The molecule has 0 saturated heterocycles. The zero-order chi connectivity index (χ0) is 22.2. The van der Waals surface area contributed by atoms with E-state index in [1.54, 1.807) is 24.4 Å². The molecule has 0 atom stereocenters. The van der Waals surface area contributed by atoms with E-state index in [4.69, 9.17) is 13.9 Å². The summed E-state index contributed by atoms with van der Waals surface area (Å²) in [6, 6.07) is 18.8. The van der Waals surface area contributed by atoms with Gasteiger partial charge in [-0.3, -0.25) is 4.98 Å². The minimum Gasteiger partial charge on any atom is -0.487 e. The summed E-state index contributed by atoms with van der Waals surface area (Å²) in [5.74, 6) is 0.566. The lowest BCUT2D eigenvalue weighted by molar-refractivity contribution is -0.139. The summed E-state index contributed by atoms with van der Waals surface area (Å²) in [4.78, 5) is 20.3. The lowest BCUT2D eigenvalue weighted by atomic mass is 10.2. The van der Waals surface area contributed by atoms with Gasteiger partial charge in [0.1, 0.15) is 18.2 Å². The largest absolute Gasteiger partial charge is 0.487 e. The van der Waals surface area contributed by atoms with E-state index in [1.165, 1.54) is 24.4 Å². The van der Waals surface area contributed by atoms with Gasteiger partial charge < -0.3 is 13.9 Å². The Balaban J connectivity index is 1.25. The van der Waals surface area contributed by atoms with Gasteiger partial charge in [0.25, 0.3) is 0 Å². The molecule has 160 valence electrons. The number of aromatic nitrogens is 2. The third-order valence-corrected chi connectivity index (χ3v) is 4.43. The van der Waals surface area contributed by atoms with Crippen LogP contribution in [0.4, 0.5) is 4.39 Å². The van der Waals surface area contributed by atoms with E-state index in [9.17, 15) is 9.18 Å². The van der Waals surface area contributed by atoms with E-state index in [-0.39, 0.29) is 18.3 Å². The molecular weight excluding hydrogens is 411 g/mol. The van der Waals surface area contributed by atoms with Crippen molar-refractivity contribution in [1.29, 1.82) is 0 Å². The fraction of sp³-hybridized carbons (Fsp3) is 0.0800. The van der Waals surface area contributed by atoms with E-state index in [0.717, 1.165) is 11.3 Å². The molecule has 0 bridgehead atoms. The van der Waals surface area contributed by atoms with Crippen molar-refractivity contribution in [2.75, 3.05) is 0 Å². The van der Waals surface area contributed by atoms with Gasteiger partial charge in [-0.15, -0.1) is 0 Å². The summed E-state index contributed by atoms with van der Waals surface area (Å²) in [6.45, 7) is 0.275. The second-order valence-corrected chi connectivity index (χ2v) is 6.74. The number of ether oxygens (including phenoxy) is 2. The smallest absolute Gasteiger partial charge is 0.331 e. The molecule has 0 aliphatic rings. The van der Waals surface area contributed by atoms with Crippen LogP contribution in [0.15, 0.2) is 89.6 Å². The zero-order valence-electron chi connectivity index (χ0n) is 17.0. The quantitative estimate of drug-likeness (QED) is 0.282. The van der Waals surface area contributed by atoms with E-state index >= 15 is 0 Å². The number of halogens is 1. The van der Waals surface area contributed by atoms with Crippen molar-refractivity contribution < 1.29 is 23.1 Å². The zero-order valence-corrected chi connectivity index (χ0v) is 17.0. The second kappa shape index (κ2) is 10.2. The standard InChI is InChI=1S/C25H19FN2O4/c26-20-9-7-19(8-10-20)23-15-28-24(32-23)17-31-25(29)13-6-18-4-11-22(12-5-18)30-16-21-3-1-2-14-27-21/h1-15H,16-17H2/b13-6+. The van der Waals surface area contributed by atoms with Crippen molar-refractivity contribution in [1.82, 2.24) is 9.97 Å². The summed E-state index contributed by atoms with van der Waals surface area (Å²) in [7, 11) is 0. The van der Waals surface area contributed by atoms with E-state index in [1.807, 2.05) is 42.5 Å². The van der Waals surface area contributed by atoms with Gasteiger partial charge in [-0.2, -0.15) is 0 Å². The Morgan fingerprint density at radius 2 is 1.78 bits per heavy atom. The molecule has 0 amide bonds. The molecule has 7 heteroatoms. The highest BCUT2D eigenvalue weighted by Gasteiger charge is 2.08. The van der Waals surface area contributed by atoms with E-state index in [2.05, 4.69) is 9.97 Å². The lowest BCUT2D eigenvalue weighted by Crippen LogP contribution is -2.00. The maximum absolute atomic E-state index is 13.0. The van der Waals surface area contributed by atoms with Gasteiger partial charge in [0.15, 0.2) is 12.4 Å². The van der Waals surface area contributed by atoms with Gasteiger partial charge in [-0.1, -0.05) is 18.2 Å². The number of benzene rings is 2. The van der Waals surface area contributed by atoms with E-state index in [0.29, 0.717) is 23.7 Å². The first-order valence-corrected chi connectivity index (χ1v) is 9.84. The molecule has 0 saturated carbocycles. The maximum atomic E-state index is 13.0. The first-order chi connectivity index (χ1) is 15.7. The highest BCUT2D eigenvalue weighted by molar-refractivity contribution is 5.87. The molecule has 0 aliphatic carbocycles. The predicted octanol–water partition coefficient (Wildman–Crippen LogP) is 5.21. The normalized spacial score (nSPS) is 10.9. The Morgan fingerprint density at radius 1 is 0.969 bits per heavy atom. The fourth-order valence-corrected chi connectivity index (χ4v) is 2.79. The molecule has 0 aliphatic heterocycles. The number of oxazole rings is 1. The number of nitrogens with zero attached hydrogens (tertiary/aromatic N) is 2. The van der Waals surface area contributed by atoms with Gasteiger partial charge in [0.05, 0.1) is 11.9 Å². The number of rotatable bonds is 8. The van der Waals surface area contributed by atoms with Crippen molar-refractivity contribution >= 4 is 12.0 Å². The van der Waals surface area contributed by atoms with Crippen LogP contribution in [-0.2, 0) is 22.7 Å². The molecule has 0 unspecified atom stereocenters. The fourth-order valence-electron chi connectivity index (χ4n) is 2.79. The molecule has 0 fully saturated rings. The molecule has 0 N–H and O–H groups in total. The summed E-state index contributed by atoms with van der Waals surface area (Å²) >= 11 is 0. The Hall–Kier alpha value is -4.26. The average Bonchev–Trinajstić information content (AvgIpc) is 3.31. The Kier molecular flexibility index (Phi) is 6.67. The van der Waals surface area contributed by atoms with Crippen molar-refractivity contribution in [2.45, 2.75) is 13.2 Å². The van der Waals surface area contributed by atoms with Crippen LogP contribution >= 0.6 is 0 Å². The molecule has 32 heavy (non-hydrogen) atoms. The lowest BCUT2D eigenvalue weighted by Gasteiger charge is -2.05. The molecule has 4 rings (SSSR count). The summed E-state index contributed by atoms with van der Waals surface area (Å²) in [5, 5.41) is 0. The predicted molar refractivity (Wildman–Crippen MR) is 116 cm³/mol. The van der Waals surface area contributed by atoms with Crippen molar-refractivity contribution in [3.63, 3.8) is 0 Å². The van der Waals surface area contributed by atoms with Crippen molar-refractivity contribution in [3.8, 4) is 17.1 Å². The topological polar surface area (TPSA) is 74.5 Å². The first kappa shape index (κ1) is 21.0. The number of pyridine rings is 1. The van der Waals surface area contributed by atoms with Gasteiger partial charge in [-0.05, 0) is 60.2 Å². The van der Waals surface area contributed by atoms with Crippen LogP contribution in [0.3, 0.4) is 0 Å². The van der Waals surface area contributed by atoms with Gasteiger partial charge in [-0.25, -0.2) is 14.2 Å². The molecular formula is C25H19FN2O4. The molecule has 2 aromatic carbocycles. The molecule has 2 aromatic heterocycles. The Labute approximate surface area is 184 Å². The minimum absolute atomic E-state index is 0.106. The maximum Gasteiger partial charge on any atom is 0.331 e. The van der Waals surface area contributed by atoms with Gasteiger partial charge in [0.2, 0.25) is 5.89 Å². The molecule has 6 nitrogen and oxygen atoms in total. The number of hydrogen-bond acceptors (Lipinski definition) is 6.